The molecule has 0 radical (unpaired) electrons. The van der Waals surface area contributed by atoms with Crippen LogP contribution in [0.3, 0.4) is 0 Å². The zero-order valence-corrected chi connectivity index (χ0v) is 14.9. The van der Waals surface area contributed by atoms with Gasteiger partial charge in [-0.15, -0.1) is 0 Å². The van der Waals surface area contributed by atoms with E-state index in [1.165, 1.54) is 18.2 Å². The van der Waals surface area contributed by atoms with Crippen LogP contribution in [0.25, 0.3) is 0 Å². The Hall–Kier alpha value is -1.60. The van der Waals surface area contributed by atoms with E-state index < -0.39 is 16.0 Å². The average molecular weight is 342 g/mol. The van der Waals surface area contributed by atoms with Gasteiger partial charge in [-0.2, -0.15) is 0 Å². The van der Waals surface area contributed by atoms with Crippen LogP contribution < -0.4 is 10.0 Å². The van der Waals surface area contributed by atoms with E-state index in [4.69, 9.17) is 0 Å². The van der Waals surface area contributed by atoms with Crippen LogP contribution in [0.1, 0.15) is 50.9 Å². The maximum absolute atomic E-state index is 12.3. The van der Waals surface area contributed by atoms with Gasteiger partial charge in [0.05, 0.1) is 10.5 Å². The van der Waals surface area contributed by atoms with Crippen molar-refractivity contribution >= 4 is 21.7 Å². The molecule has 0 bridgehead atoms. The number of nitrogens with one attached hydrogen (secondary N) is 2. The zero-order valence-electron chi connectivity index (χ0n) is 14.1. The molecule has 23 heavy (non-hydrogen) atoms. The summed E-state index contributed by atoms with van der Waals surface area (Å²) in [4.78, 5) is 11.4. The van der Waals surface area contributed by atoms with Crippen LogP contribution in [-0.2, 0) is 10.0 Å². The number of carboxylic acid groups (broad SMARTS) is 1. The lowest BCUT2D eigenvalue weighted by Crippen LogP contribution is -2.32. The Morgan fingerprint density at radius 3 is 2.43 bits per heavy atom. The molecule has 0 amide bonds. The number of carbonyl (C=O) groups is 1. The summed E-state index contributed by atoms with van der Waals surface area (Å²) < 4.78 is 27.1. The molecule has 130 valence electrons. The van der Waals surface area contributed by atoms with E-state index in [0.29, 0.717) is 24.6 Å². The van der Waals surface area contributed by atoms with Crippen LogP contribution in [0.15, 0.2) is 23.1 Å². The maximum atomic E-state index is 12.3. The molecule has 0 aliphatic rings. The van der Waals surface area contributed by atoms with Gasteiger partial charge in [-0.3, -0.25) is 0 Å². The van der Waals surface area contributed by atoms with Crippen molar-refractivity contribution in [3.05, 3.63) is 23.8 Å². The molecule has 0 aliphatic carbocycles. The Morgan fingerprint density at radius 1 is 1.26 bits per heavy atom. The van der Waals surface area contributed by atoms with Gasteiger partial charge in [0.2, 0.25) is 10.0 Å². The highest BCUT2D eigenvalue weighted by atomic mass is 32.2. The van der Waals surface area contributed by atoms with Gasteiger partial charge in [0.25, 0.3) is 0 Å². The van der Waals surface area contributed by atoms with Gasteiger partial charge in [0.1, 0.15) is 0 Å². The smallest absolute Gasteiger partial charge is 0.337 e. The normalized spacial score (nSPS) is 13.1. The fourth-order valence-electron chi connectivity index (χ4n) is 1.93. The number of rotatable bonds is 9. The minimum atomic E-state index is -3.72. The fourth-order valence-corrected chi connectivity index (χ4v) is 3.29. The first-order chi connectivity index (χ1) is 10.7. The van der Waals surface area contributed by atoms with Crippen LogP contribution in [0, 0.1) is 5.92 Å². The highest BCUT2D eigenvalue weighted by Gasteiger charge is 2.20. The number of benzene rings is 1. The second-order valence-corrected chi connectivity index (χ2v) is 7.77. The fraction of sp³-hybridized carbons (Fsp3) is 0.562. The molecule has 0 heterocycles. The van der Waals surface area contributed by atoms with Crippen molar-refractivity contribution in [2.24, 2.45) is 5.92 Å². The van der Waals surface area contributed by atoms with E-state index in [1.807, 2.05) is 6.92 Å². The molecular formula is C16H26N2O4S. The number of hydrogen-bond acceptors (Lipinski definition) is 4. The van der Waals surface area contributed by atoms with Crippen LogP contribution >= 0.6 is 0 Å². The van der Waals surface area contributed by atoms with E-state index in [9.17, 15) is 18.3 Å². The van der Waals surface area contributed by atoms with Crippen LogP contribution in [-0.4, -0.2) is 32.1 Å². The third kappa shape index (κ3) is 5.84. The molecule has 1 rings (SSSR count). The number of carboxylic acids is 1. The number of hydrogen-bond donors (Lipinski definition) is 3. The number of anilines is 1. The lowest BCUT2D eigenvalue weighted by molar-refractivity contribution is 0.0697. The Bertz CT molecular complexity index is 641. The molecule has 0 unspecified atom stereocenters. The Balaban J connectivity index is 3.06. The second-order valence-electron chi connectivity index (χ2n) is 6.05. The van der Waals surface area contributed by atoms with Crippen LogP contribution in [0.2, 0.25) is 0 Å². The molecule has 0 fully saturated rings. The van der Waals surface area contributed by atoms with Crippen molar-refractivity contribution in [2.75, 3.05) is 11.9 Å². The molecule has 6 nitrogen and oxygen atoms in total. The summed E-state index contributed by atoms with van der Waals surface area (Å²) in [5, 5.41) is 12.4. The monoisotopic (exact) mass is 342 g/mol. The molecule has 0 aliphatic heterocycles. The molecule has 3 N–H and O–H groups in total. The van der Waals surface area contributed by atoms with E-state index >= 15 is 0 Å². The molecule has 0 saturated carbocycles. The second kappa shape index (κ2) is 8.31. The molecule has 0 saturated heterocycles. The van der Waals surface area contributed by atoms with Crippen molar-refractivity contribution in [3.63, 3.8) is 0 Å². The first-order valence-corrected chi connectivity index (χ1v) is 9.29. The first-order valence-electron chi connectivity index (χ1n) is 7.81. The number of sulfonamides is 1. The highest BCUT2D eigenvalue weighted by molar-refractivity contribution is 7.89. The summed E-state index contributed by atoms with van der Waals surface area (Å²) >= 11 is 0. The molecule has 7 heteroatoms. The van der Waals surface area contributed by atoms with Gasteiger partial charge in [-0.25, -0.2) is 17.9 Å². The molecule has 1 aromatic rings. The predicted molar refractivity (Wildman–Crippen MR) is 91.4 cm³/mol. The topological polar surface area (TPSA) is 95.5 Å². The summed E-state index contributed by atoms with van der Waals surface area (Å²) in [6.07, 6.45) is 1.55. The predicted octanol–water partition coefficient (Wildman–Crippen LogP) is 2.92. The van der Waals surface area contributed by atoms with Crippen molar-refractivity contribution in [2.45, 2.75) is 51.5 Å². The Morgan fingerprint density at radius 2 is 1.91 bits per heavy atom. The third-order valence-corrected chi connectivity index (χ3v) is 5.12. The summed E-state index contributed by atoms with van der Waals surface area (Å²) in [6.45, 7) is 8.43. The van der Waals surface area contributed by atoms with Crippen LogP contribution in [0.4, 0.5) is 5.69 Å². The molecule has 0 aromatic heterocycles. The number of aromatic carboxylic acids is 1. The maximum Gasteiger partial charge on any atom is 0.337 e. The Labute approximate surface area is 138 Å². The van der Waals surface area contributed by atoms with E-state index in [2.05, 4.69) is 23.9 Å². The van der Waals surface area contributed by atoms with E-state index in [1.54, 1.807) is 6.92 Å². The molecule has 1 atom stereocenters. The molecule has 0 spiro atoms. The van der Waals surface area contributed by atoms with E-state index in [0.717, 1.165) is 6.42 Å². The lowest BCUT2D eigenvalue weighted by Gasteiger charge is -2.15. The highest BCUT2D eigenvalue weighted by Crippen LogP contribution is 2.21. The minimum Gasteiger partial charge on any atom is -0.478 e. The van der Waals surface area contributed by atoms with Crippen molar-refractivity contribution < 1.29 is 18.3 Å². The van der Waals surface area contributed by atoms with Gasteiger partial charge in [0, 0.05) is 18.3 Å². The lowest BCUT2D eigenvalue weighted by atomic mass is 10.1. The summed E-state index contributed by atoms with van der Waals surface area (Å²) in [5.41, 5.74) is 0.390. The van der Waals surface area contributed by atoms with Gasteiger partial charge in [-0.05, 0) is 43.9 Å². The SMILES string of the molecule is CC[C@H](C)NS(=O)(=O)c1ccc(NCCC(C)C)c(C(=O)O)c1. The molecular weight excluding hydrogens is 316 g/mol. The molecule has 1 aromatic carbocycles. The van der Waals surface area contributed by atoms with E-state index in [-0.39, 0.29) is 16.5 Å². The zero-order chi connectivity index (χ0) is 17.6. The summed E-state index contributed by atoms with van der Waals surface area (Å²) in [5.74, 6) is -0.659. The van der Waals surface area contributed by atoms with Gasteiger partial charge >= 0.3 is 5.97 Å². The van der Waals surface area contributed by atoms with Crippen LogP contribution in [0.5, 0.6) is 0 Å². The summed E-state index contributed by atoms with van der Waals surface area (Å²) in [6, 6.07) is 3.92. The van der Waals surface area contributed by atoms with Gasteiger partial charge < -0.3 is 10.4 Å². The standard InChI is InChI=1S/C16H26N2O4S/c1-5-12(4)18-23(21,22)13-6-7-15(14(10-13)16(19)20)17-9-8-11(2)3/h6-7,10-12,17-18H,5,8-9H2,1-4H3,(H,19,20)/t12-/m0/s1. The third-order valence-electron chi connectivity index (χ3n) is 3.54. The minimum absolute atomic E-state index is 0.0374. The first kappa shape index (κ1) is 19.4. The Kier molecular flexibility index (Phi) is 7.02. The average Bonchev–Trinajstić information content (AvgIpc) is 2.46. The van der Waals surface area contributed by atoms with Crippen molar-refractivity contribution in [1.82, 2.24) is 4.72 Å². The quantitative estimate of drug-likeness (QED) is 0.641. The summed E-state index contributed by atoms with van der Waals surface area (Å²) in [7, 11) is -3.72. The van der Waals surface area contributed by atoms with Crippen molar-refractivity contribution in [1.29, 1.82) is 0 Å². The van der Waals surface area contributed by atoms with Crippen molar-refractivity contribution in [3.8, 4) is 0 Å². The van der Waals surface area contributed by atoms with Gasteiger partial charge in [0.15, 0.2) is 0 Å². The largest absolute Gasteiger partial charge is 0.478 e. The van der Waals surface area contributed by atoms with Gasteiger partial charge in [-0.1, -0.05) is 20.8 Å².